The minimum Gasteiger partial charge on any atom is -0.497 e. The highest BCUT2D eigenvalue weighted by molar-refractivity contribution is 6.04. The second-order valence-electron chi connectivity index (χ2n) is 10.4. The molecule has 3 N–H and O–H groups in total. The third kappa shape index (κ3) is 5.77. The topological polar surface area (TPSA) is 105 Å². The quantitative estimate of drug-likeness (QED) is 0.413. The lowest BCUT2D eigenvalue weighted by molar-refractivity contribution is 0.0939. The van der Waals surface area contributed by atoms with Crippen molar-refractivity contribution in [3.63, 3.8) is 0 Å². The number of carbonyl (C=O) groups excluding carboxylic acids is 2. The van der Waals surface area contributed by atoms with Crippen LogP contribution in [0.5, 0.6) is 5.75 Å². The number of aromatic nitrogens is 1. The third-order valence-corrected chi connectivity index (χ3v) is 7.64. The fourth-order valence-electron chi connectivity index (χ4n) is 5.54. The van der Waals surface area contributed by atoms with Crippen molar-refractivity contribution in [3.8, 4) is 5.75 Å². The summed E-state index contributed by atoms with van der Waals surface area (Å²) >= 11 is 0. The number of nitrogens with zero attached hydrogens (tertiary/aromatic N) is 2. The van der Waals surface area contributed by atoms with Gasteiger partial charge in [0.05, 0.1) is 18.5 Å². The van der Waals surface area contributed by atoms with Crippen LogP contribution < -0.4 is 31.1 Å². The monoisotopic (exact) mass is 529 g/mol. The van der Waals surface area contributed by atoms with Crippen LogP contribution in [-0.2, 0) is 6.54 Å². The Morgan fingerprint density at radius 2 is 1.85 bits per heavy atom. The largest absolute Gasteiger partial charge is 0.497 e. The Bertz CT molecular complexity index is 1430. The molecule has 1 aromatic heterocycles. The van der Waals surface area contributed by atoms with Crippen molar-refractivity contribution >= 4 is 29.0 Å². The molecular weight excluding hydrogens is 494 g/mol. The minimum atomic E-state index is -0.418. The van der Waals surface area contributed by atoms with E-state index in [4.69, 9.17) is 4.74 Å². The summed E-state index contributed by atoms with van der Waals surface area (Å²) in [5.74, 6) is 0.967. The first kappa shape index (κ1) is 26.3. The van der Waals surface area contributed by atoms with Gasteiger partial charge in [-0.15, -0.1) is 0 Å². The summed E-state index contributed by atoms with van der Waals surface area (Å²) in [6, 6.07) is 17.7. The predicted octanol–water partition coefficient (Wildman–Crippen LogP) is 4.65. The van der Waals surface area contributed by atoms with E-state index >= 15 is 0 Å². The Morgan fingerprint density at radius 1 is 1.03 bits per heavy atom. The molecule has 0 saturated carbocycles. The summed E-state index contributed by atoms with van der Waals surface area (Å²) in [6.45, 7) is 6.12. The number of amides is 3. The first-order chi connectivity index (χ1) is 18.8. The second kappa shape index (κ2) is 11.2. The maximum atomic E-state index is 13.1. The number of nitrogens with one attached hydrogen (secondary N) is 3. The maximum Gasteiger partial charge on any atom is 0.323 e. The molecule has 0 aliphatic carbocycles. The van der Waals surface area contributed by atoms with Crippen LogP contribution in [0.15, 0.2) is 65.5 Å². The summed E-state index contributed by atoms with van der Waals surface area (Å²) < 4.78 is 7.16. The van der Waals surface area contributed by atoms with Crippen LogP contribution in [0.2, 0.25) is 0 Å². The highest BCUT2D eigenvalue weighted by Gasteiger charge is 2.35. The number of hydrogen-bond donors (Lipinski definition) is 3. The van der Waals surface area contributed by atoms with E-state index in [0.29, 0.717) is 41.7 Å². The molecule has 1 saturated heterocycles. The number of methoxy groups -OCH3 is 1. The number of hydrogen-bond acceptors (Lipinski definition) is 5. The molecule has 9 nitrogen and oxygen atoms in total. The fraction of sp³-hybridized carbons (Fsp3) is 0.367. The molecule has 0 radical (unpaired) electrons. The van der Waals surface area contributed by atoms with E-state index in [9.17, 15) is 14.4 Å². The van der Waals surface area contributed by atoms with Crippen LogP contribution in [0.25, 0.3) is 0 Å². The van der Waals surface area contributed by atoms with Crippen LogP contribution in [0.1, 0.15) is 48.7 Å². The van der Waals surface area contributed by atoms with Gasteiger partial charge in [0.15, 0.2) is 0 Å². The normalized spacial score (nSPS) is 18.5. The van der Waals surface area contributed by atoms with Crippen molar-refractivity contribution in [3.05, 3.63) is 82.3 Å². The smallest absolute Gasteiger partial charge is 0.323 e. The standard InChI is InChI=1S/C30H35N5O4/c1-4-19(2)31-29(37)21-11-12-27(25(14-21)33-30(38)32-23-7-5-8-24(15-23)39-3)34-16-20-13-22(18-34)26-9-6-10-28(36)35(26)17-20/h5-12,14-15,19-20,22H,4,13,16-18H2,1-3H3,(H,31,37)(H2,32,33,38)/t19-,20+,22-/m0/s1. The van der Waals surface area contributed by atoms with Crippen molar-refractivity contribution in [2.24, 2.45) is 5.92 Å². The van der Waals surface area contributed by atoms with E-state index in [-0.39, 0.29) is 23.4 Å². The summed E-state index contributed by atoms with van der Waals surface area (Å²) in [7, 11) is 1.57. The van der Waals surface area contributed by atoms with E-state index in [1.54, 1.807) is 49.6 Å². The second-order valence-corrected chi connectivity index (χ2v) is 10.4. The van der Waals surface area contributed by atoms with Gasteiger partial charge in [-0.2, -0.15) is 0 Å². The molecular formula is C30H35N5O4. The Balaban J connectivity index is 1.43. The zero-order chi connectivity index (χ0) is 27.5. The maximum absolute atomic E-state index is 13.1. The molecule has 5 rings (SSSR count). The number of carbonyl (C=O) groups is 2. The number of benzene rings is 2. The van der Waals surface area contributed by atoms with Gasteiger partial charge >= 0.3 is 6.03 Å². The molecule has 3 heterocycles. The average molecular weight is 530 g/mol. The van der Waals surface area contributed by atoms with Gasteiger partial charge in [-0.25, -0.2) is 4.79 Å². The summed E-state index contributed by atoms with van der Waals surface area (Å²) in [5.41, 5.74) is 3.57. The zero-order valence-electron chi connectivity index (χ0n) is 22.6. The molecule has 1 fully saturated rings. The fourth-order valence-corrected chi connectivity index (χ4v) is 5.54. The molecule has 3 atom stereocenters. The minimum absolute atomic E-state index is 0.0369. The molecule has 0 spiro atoms. The molecule has 39 heavy (non-hydrogen) atoms. The predicted molar refractivity (Wildman–Crippen MR) is 153 cm³/mol. The van der Waals surface area contributed by atoms with Crippen molar-refractivity contribution in [1.82, 2.24) is 9.88 Å². The number of rotatable bonds is 7. The van der Waals surface area contributed by atoms with E-state index in [1.807, 2.05) is 36.6 Å². The number of pyridine rings is 1. The van der Waals surface area contributed by atoms with Crippen molar-refractivity contribution in [2.45, 2.75) is 45.2 Å². The van der Waals surface area contributed by atoms with Crippen LogP contribution in [-0.4, -0.2) is 42.7 Å². The Morgan fingerprint density at radius 3 is 2.64 bits per heavy atom. The SMILES string of the molecule is CC[C@H](C)NC(=O)c1ccc(N2C[C@H]3C[C@@H](C2)c2cccc(=O)n2C3)c(NC(=O)Nc2cccc(OC)c2)c1. The Labute approximate surface area is 228 Å². The molecule has 3 aromatic rings. The van der Waals surface area contributed by atoms with Gasteiger partial charge in [-0.05, 0) is 62.1 Å². The van der Waals surface area contributed by atoms with Gasteiger partial charge in [-0.1, -0.05) is 19.1 Å². The molecule has 204 valence electrons. The third-order valence-electron chi connectivity index (χ3n) is 7.64. The van der Waals surface area contributed by atoms with Gasteiger partial charge in [0.25, 0.3) is 11.5 Å². The highest BCUT2D eigenvalue weighted by Crippen LogP contribution is 2.39. The van der Waals surface area contributed by atoms with Crippen molar-refractivity contribution in [1.29, 1.82) is 0 Å². The summed E-state index contributed by atoms with van der Waals surface area (Å²) in [5, 5.41) is 8.84. The number of anilines is 3. The molecule has 9 heteroatoms. The number of piperidine rings is 1. The first-order valence-electron chi connectivity index (χ1n) is 13.5. The molecule has 2 aromatic carbocycles. The van der Waals surface area contributed by atoms with Crippen LogP contribution in [0, 0.1) is 5.92 Å². The molecule has 3 amide bonds. The lowest BCUT2D eigenvalue weighted by Gasteiger charge is -2.44. The van der Waals surface area contributed by atoms with Gasteiger partial charge in [0.2, 0.25) is 0 Å². The van der Waals surface area contributed by atoms with Crippen molar-refractivity contribution in [2.75, 3.05) is 35.7 Å². The summed E-state index contributed by atoms with van der Waals surface area (Å²) in [4.78, 5) is 40.8. The zero-order valence-corrected chi connectivity index (χ0v) is 22.6. The molecule has 0 unspecified atom stereocenters. The average Bonchev–Trinajstić information content (AvgIpc) is 2.93. The van der Waals surface area contributed by atoms with Crippen molar-refractivity contribution < 1.29 is 14.3 Å². The van der Waals surface area contributed by atoms with Gasteiger partial charge in [-0.3, -0.25) is 9.59 Å². The summed E-state index contributed by atoms with van der Waals surface area (Å²) in [6.07, 6.45) is 1.84. The first-order valence-corrected chi connectivity index (χ1v) is 13.5. The lowest BCUT2D eigenvalue weighted by Crippen LogP contribution is -2.47. The number of urea groups is 1. The Kier molecular flexibility index (Phi) is 7.58. The van der Waals surface area contributed by atoms with Crippen LogP contribution in [0.3, 0.4) is 0 Å². The van der Waals surface area contributed by atoms with Crippen LogP contribution >= 0.6 is 0 Å². The highest BCUT2D eigenvalue weighted by atomic mass is 16.5. The number of ether oxygens (including phenoxy) is 1. The number of fused-ring (bicyclic) bond motifs is 4. The van der Waals surface area contributed by atoms with Gasteiger partial charge < -0.3 is 30.2 Å². The van der Waals surface area contributed by atoms with Gasteiger partial charge in [0.1, 0.15) is 5.75 Å². The molecule has 2 bridgehead atoms. The van der Waals surface area contributed by atoms with E-state index in [1.165, 1.54) is 0 Å². The Hall–Kier alpha value is -4.27. The lowest BCUT2D eigenvalue weighted by atomic mass is 9.83. The van der Waals surface area contributed by atoms with E-state index in [0.717, 1.165) is 30.8 Å². The van der Waals surface area contributed by atoms with E-state index in [2.05, 4.69) is 20.9 Å². The van der Waals surface area contributed by atoms with Crippen LogP contribution in [0.4, 0.5) is 21.9 Å². The van der Waals surface area contributed by atoms with E-state index < -0.39 is 6.03 Å². The molecule has 2 aliphatic heterocycles. The van der Waals surface area contributed by atoms with Gasteiger partial charge in [0, 0.05) is 60.7 Å². The molecule has 2 aliphatic rings.